The Bertz CT molecular complexity index is 723. The Morgan fingerprint density at radius 1 is 1.08 bits per heavy atom. The number of nitrogens with zero attached hydrogens (tertiary/aromatic N) is 1. The molecule has 1 amide bonds. The van der Waals surface area contributed by atoms with E-state index in [0.29, 0.717) is 28.9 Å². The van der Waals surface area contributed by atoms with E-state index >= 15 is 0 Å². The first-order valence-electron chi connectivity index (χ1n) is 9.31. The van der Waals surface area contributed by atoms with E-state index in [-0.39, 0.29) is 11.3 Å². The van der Waals surface area contributed by atoms with Gasteiger partial charge in [0, 0.05) is 16.5 Å². The van der Waals surface area contributed by atoms with Crippen molar-refractivity contribution in [2.75, 3.05) is 0 Å². The molecule has 2 N–H and O–H groups in total. The maximum atomic E-state index is 12.9. The summed E-state index contributed by atoms with van der Waals surface area (Å²) in [6, 6.07) is 6.00. The summed E-state index contributed by atoms with van der Waals surface area (Å²) in [4.78, 5) is 26.6. The lowest BCUT2D eigenvalue weighted by molar-refractivity contribution is -0.167. The summed E-state index contributed by atoms with van der Waals surface area (Å²) in [5, 5.41) is 20.9. The zero-order chi connectivity index (χ0) is 17.3. The van der Waals surface area contributed by atoms with Gasteiger partial charge in [-0.25, -0.2) is 4.79 Å². The highest BCUT2D eigenvalue weighted by molar-refractivity contribution is 6.01. The average Bonchev–Trinajstić information content (AvgIpc) is 2.79. The SMILES string of the molecule is O=C(O)C(N1C(=O)c2ccccc2C1O)C12CC3CC(CC(C3)C1)C2. The lowest BCUT2D eigenvalue weighted by atomic mass is 9.47. The van der Waals surface area contributed by atoms with E-state index in [1.165, 1.54) is 24.2 Å². The van der Waals surface area contributed by atoms with Crippen LogP contribution in [0.25, 0.3) is 0 Å². The highest BCUT2D eigenvalue weighted by Crippen LogP contribution is 2.62. The number of fused-ring (bicyclic) bond motifs is 1. The van der Waals surface area contributed by atoms with Crippen LogP contribution in [0.3, 0.4) is 0 Å². The fourth-order valence-corrected chi connectivity index (χ4v) is 6.76. The van der Waals surface area contributed by atoms with Gasteiger partial charge in [-0.1, -0.05) is 18.2 Å². The van der Waals surface area contributed by atoms with Crippen LogP contribution in [0.15, 0.2) is 24.3 Å². The highest BCUT2D eigenvalue weighted by Gasteiger charge is 2.60. The summed E-state index contributed by atoms with van der Waals surface area (Å²) in [5.41, 5.74) is 0.591. The molecule has 25 heavy (non-hydrogen) atoms. The van der Waals surface area contributed by atoms with Crippen LogP contribution in [0.4, 0.5) is 0 Å². The Balaban J connectivity index is 1.57. The number of carbonyl (C=O) groups excluding carboxylic acids is 1. The molecule has 5 nitrogen and oxygen atoms in total. The number of carbonyl (C=O) groups is 2. The standard InChI is InChI=1S/C20H23NO4/c22-17-14-3-1-2-4-15(14)18(23)21(17)16(19(24)25)20-8-11-5-12(9-20)7-13(6-11)10-20/h1-4,11-13,16-17,22H,5-10H2,(H,24,25). The van der Waals surface area contributed by atoms with Crippen LogP contribution in [0.5, 0.6) is 0 Å². The Hall–Kier alpha value is -1.88. The van der Waals surface area contributed by atoms with E-state index in [1.807, 2.05) is 0 Å². The number of carboxylic acid groups (broad SMARTS) is 1. The highest BCUT2D eigenvalue weighted by atomic mass is 16.4. The van der Waals surface area contributed by atoms with Crippen molar-refractivity contribution in [3.63, 3.8) is 0 Å². The van der Waals surface area contributed by atoms with E-state index < -0.39 is 18.2 Å². The van der Waals surface area contributed by atoms with Gasteiger partial charge in [0.15, 0.2) is 6.23 Å². The third kappa shape index (κ3) is 2.05. The molecule has 0 radical (unpaired) electrons. The maximum absolute atomic E-state index is 12.9. The Morgan fingerprint density at radius 3 is 2.16 bits per heavy atom. The second kappa shape index (κ2) is 5.07. The van der Waals surface area contributed by atoms with Crippen molar-refractivity contribution < 1.29 is 19.8 Å². The van der Waals surface area contributed by atoms with Gasteiger partial charge in [0.05, 0.1) is 0 Å². The minimum Gasteiger partial charge on any atom is -0.480 e. The molecule has 5 aliphatic rings. The molecule has 1 heterocycles. The van der Waals surface area contributed by atoms with Gasteiger partial charge in [0.2, 0.25) is 0 Å². The topological polar surface area (TPSA) is 77.8 Å². The third-order valence-corrected chi connectivity index (χ3v) is 7.15. The van der Waals surface area contributed by atoms with Gasteiger partial charge in [-0.3, -0.25) is 9.69 Å². The second-order valence-corrected chi connectivity index (χ2v) is 8.69. The predicted octanol–water partition coefficient (Wildman–Crippen LogP) is 2.80. The fourth-order valence-electron chi connectivity index (χ4n) is 6.76. The number of rotatable bonds is 3. The van der Waals surface area contributed by atoms with Gasteiger partial charge in [-0.2, -0.15) is 0 Å². The number of benzene rings is 1. The Labute approximate surface area is 146 Å². The molecule has 2 atom stereocenters. The fraction of sp³-hybridized carbons (Fsp3) is 0.600. The molecular formula is C20H23NO4. The van der Waals surface area contributed by atoms with Crippen LogP contribution in [-0.2, 0) is 4.79 Å². The molecular weight excluding hydrogens is 318 g/mol. The minimum atomic E-state index is -1.15. The number of hydrogen-bond acceptors (Lipinski definition) is 3. The van der Waals surface area contributed by atoms with Crippen LogP contribution < -0.4 is 0 Å². The maximum Gasteiger partial charge on any atom is 0.327 e. The van der Waals surface area contributed by atoms with Crippen LogP contribution in [-0.4, -0.2) is 33.0 Å². The number of aliphatic carboxylic acids is 1. The first-order valence-corrected chi connectivity index (χ1v) is 9.31. The smallest absolute Gasteiger partial charge is 0.327 e. The van der Waals surface area contributed by atoms with Gasteiger partial charge < -0.3 is 10.2 Å². The predicted molar refractivity (Wildman–Crippen MR) is 89.6 cm³/mol. The minimum absolute atomic E-state index is 0.341. The molecule has 1 aliphatic heterocycles. The Morgan fingerprint density at radius 2 is 1.64 bits per heavy atom. The van der Waals surface area contributed by atoms with Gasteiger partial charge >= 0.3 is 5.97 Å². The normalized spacial score (nSPS) is 39.6. The summed E-state index contributed by atoms with van der Waals surface area (Å²) in [6.07, 6.45) is 5.11. The van der Waals surface area contributed by atoms with E-state index in [2.05, 4.69) is 0 Å². The van der Waals surface area contributed by atoms with Gasteiger partial charge in [-0.15, -0.1) is 0 Å². The molecule has 0 spiro atoms. The van der Waals surface area contributed by atoms with Crippen LogP contribution in [0, 0.1) is 23.2 Å². The largest absolute Gasteiger partial charge is 0.480 e. The molecule has 5 heteroatoms. The van der Waals surface area contributed by atoms with Crippen molar-refractivity contribution in [1.82, 2.24) is 4.90 Å². The van der Waals surface area contributed by atoms with Gasteiger partial charge in [0.1, 0.15) is 6.04 Å². The van der Waals surface area contributed by atoms with E-state index in [1.54, 1.807) is 24.3 Å². The Kier molecular flexibility index (Phi) is 3.12. The van der Waals surface area contributed by atoms with Crippen molar-refractivity contribution in [3.05, 3.63) is 35.4 Å². The van der Waals surface area contributed by atoms with E-state index in [4.69, 9.17) is 0 Å². The van der Waals surface area contributed by atoms with Crippen molar-refractivity contribution in [2.24, 2.45) is 23.2 Å². The second-order valence-electron chi connectivity index (χ2n) is 8.69. The number of aliphatic hydroxyl groups is 1. The number of amides is 1. The van der Waals surface area contributed by atoms with Gasteiger partial charge in [0.25, 0.3) is 5.91 Å². The molecule has 132 valence electrons. The van der Waals surface area contributed by atoms with Crippen molar-refractivity contribution in [2.45, 2.75) is 50.8 Å². The molecule has 2 unspecified atom stereocenters. The number of carboxylic acids is 1. The summed E-state index contributed by atoms with van der Waals surface area (Å²) in [6.45, 7) is 0. The lowest BCUT2D eigenvalue weighted by Gasteiger charge is -2.59. The molecule has 0 saturated heterocycles. The first kappa shape index (κ1) is 15.4. The van der Waals surface area contributed by atoms with Crippen LogP contribution in [0.1, 0.15) is 60.7 Å². The first-order chi connectivity index (χ1) is 12.0. The monoisotopic (exact) mass is 341 g/mol. The molecule has 1 aromatic rings. The molecule has 4 aliphatic carbocycles. The van der Waals surface area contributed by atoms with E-state index in [9.17, 15) is 19.8 Å². The van der Waals surface area contributed by atoms with Crippen LogP contribution >= 0.6 is 0 Å². The number of aliphatic hydroxyl groups excluding tert-OH is 1. The average molecular weight is 341 g/mol. The summed E-state index contributed by atoms with van der Waals surface area (Å²) < 4.78 is 0. The van der Waals surface area contributed by atoms with Crippen molar-refractivity contribution in [3.8, 4) is 0 Å². The quantitative estimate of drug-likeness (QED) is 0.886. The van der Waals surface area contributed by atoms with Gasteiger partial charge in [-0.05, 0) is 62.3 Å². The summed E-state index contributed by atoms with van der Waals surface area (Å²) in [7, 11) is 0. The van der Waals surface area contributed by atoms with Crippen molar-refractivity contribution in [1.29, 1.82) is 0 Å². The molecule has 6 rings (SSSR count). The molecule has 0 aromatic heterocycles. The zero-order valence-corrected chi connectivity index (χ0v) is 14.1. The third-order valence-electron chi connectivity index (χ3n) is 7.15. The molecule has 4 bridgehead atoms. The zero-order valence-electron chi connectivity index (χ0n) is 14.1. The lowest BCUT2D eigenvalue weighted by Crippen LogP contribution is -2.60. The summed E-state index contributed by atoms with van der Waals surface area (Å²) >= 11 is 0. The summed E-state index contributed by atoms with van der Waals surface area (Å²) in [5.74, 6) is 0.453. The molecule has 4 saturated carbocycles. The van der Waals surface area contributed by atoms with E-state index in [0.717, 1.165) is 19.3 Å². The number of hydrogen-bond donors (Lipinski definition) is 2. The van der Waals surface area contributed by atoms with Crippen LogP contribution in [0.2, 0.25) is 0 Å². The molecule has 1 aromatic carbocycles. The molecule has 4 fully saturated rings. The van der Waals surface area contributed by atoms with Crippen molar-refractivity contribution >= 4 is 11.9 Å².